The van der Waals surface area contributed by atoms with Crippen LogP contribution in [0.5, 0.6) is 0 Å². The minimum atomic E-state index is -1.56. The van der Waals surface area contributed by atoms with E-state index in [4.69, 9.17) is 9.47 Å². The van der Waals surface area contributed by atoms with Crippen molar-refractivity contribution < 1.29 is 39.8 Å². The van der Waals surface area contributed by atoms with Crippen molar-refractivity contribution in [2.45, 2.75) is 288 Å². The lowest BCUT2D eigenvalue weighted by atomic mass is 9.99. The van der Waals surface area contributed by atoms with Crippen molar-refractivity contribution in [1.82, 2.24) is 5.32 Å². The van der Waals surface area contributed by atoms with Gasteiger partial charge in [0.2, 0.25) is 5.91 Å². The van der Waals surface area contributed by atoms with E-state index in [0.29, 0.717) is 12.8 Å². The van der Waals surface area contributed by atoms with Gasteiger partial charge in [-0.15, -0.1) is 0 Å². The number of hydrogen-bond donors (Lipinski definition) is 6. The number of carbonyl (C=O) groups is 1. The van der Waals surface area contributed by atoms with Crippen molar-refractivity contribution in [3.05, 3.63) is 97.2 Å². The van der Waals surface area contributed by atoms with Crippen molar-refractivity contribution in [3.63, 3.8) is 0 Å². The van der Waals surface area contributed by atoms with Gasteiger partial charge < -0.3 is 40.3 Å². The summed E-state index contributed by atoms with van der Waals surface area (Å²) in [4.78, 5) is 13.1. The molecule has 9 heteroatoms. The SMILES string of the molecule is CC/C=C\C/C=C\C/C=C\C/C=C\C/C=C\C/C=C\C/C=C\C/C=C\CCCCCCCCC(=O)NC(COC1OC(CO)C(O)C(O)C1O)C(O)CCCCCCCCCCCCCCCCCCCCC. The normalized spacial score (nSPS) is 19.8. The Bertz CT molecular complexity index is 1460. The Morgan fingerprint density at radius 1 is 0.479 bits per heavy atom. The first-order valence-corrected chi connectivity index (χ1v) is 29.9. The van der Waals surface area contributed by atoms with Crippen LogP contribution in [0, 0.1) is 0 Å². The summed E-state index contributed by atoms with van der Waals surface area (Å²) in [6.07, 6.45) is 68.5. The van der Waals surface area contributed by atoms with Gasteiger partial charge in [0, 0.05) is 6.42 Å². The fourth-order valence-corrected chi connectivity index (χ4v) is 9.00. The molecule has 0 aromatic rings. The lowest BCUT2D eigenvalue weighted by Gasteiger charge is -2.40. The first-order chi connectivity index (χ1) is 35.8. The van der Waals surface area contributed by atoms with Crippen molar-refractivity contribution in [2.24, 2.45) is 0 Å². The molecule has 73 heavy (non-hydrogen) atoms. The molecule has 7 atom stereocenters. The molecule has 0 saturated carbocycles. The number of hydrogen-bond acceptors (Lipinski definition) is 8. The highest BCUT2D eigenvalue weighted by atomic mass is 16.7. The van der Waals surface area contributed by atoms with Crippen molar-refractivity contribution in [1.29, 1.82) is 0 Å². The van der Waals surface area contributed by atoms with Gasteiger partial charge in [-0.3, -0.25) is 4.79 Å². The van der Waals surface area contributed by atoms with Gasteiger partial charge >= 0.3 is 0 Å². The molecule has 7 unspecified atom stereocenters. The Morgan fingerprint density at radius 3 is 1.26 bits per heavy atom. The standard InChI is InChI=1S/C64H111NO8/c1-3-5-7-9-11-13-15-17-19-21-23-24-25-26-27-28-29-30-31-32-33-34-36-38-40-42-44-46-48-50-52-54-60(68)65-57(56-72-64-63(71)62(70)61(69)59(55-66)73-64)58(67)53-51-49-47-45-43-41-39-37-35-22-20-18-16-14-12-10-8-6-4-2/h5,7,11,13,17,19,23-24,26-27,29-30,32-33,36,38,57-59,61-64,66-67,69-71H,3-4,6,8-10,12,14-16,18,20-22,25,28,31,34-35,37,39-56H2,1-2H3,(H,65,68)/b7-5-,13-11-,19-17-,24-23-,27-26-,30-29-,33-32-,38-36-. The summed E-state index contributed by atoms with van der Waals surface area (Å²) in [6.45, 7) is 3.72. The molecule has 0 aromatic heterocycles. The number of rotatable bonds is 50. The molecule has 420 valence electrons. The fourth-order valence-electron chi connectivity index (χ4n) is 9.00. The highest BCUT2D eigenvalue weighted by molar-refractivity contribution is 5.76. The molecule has 0 spiro atoms. The molecule has 1 saturated heterocycles. The van der Waals surface area contributed by atoms with E-state index < -0.39 is 49.5 Å². The molecule has 1 amide bonds. The second kappa shape index (κ2) is 52.5. The summed E-state index contributed by atoms with van der Waals surface area (Å²) in [5.74, 6) is -0.161. The van der Waals surface area contributed by atoms with E-state index >= 15 is 0 Å². The quantitative estimate of drug-likeness (QED) is 0.0261. The second-order valence-corrected chi connectivity index (χ2v) is 20.4. The Labute approximate surface area is 447 Å². The number of carbonyl (C=O) groups excluding carboxylic acids is 1. The monoisotopic (exact) mass is 1020 g/mol. The van der Waals surface area contributed by atoms with Crippen LogP contribution in [-0.4, -0.2) is 87.5 Å². The average molecular weight is 1020 g/mol. The summed E-state index contributed by atoms with van der Waals surface area (Å²) in [5.41, 5.74) is 0. The molecular weight excluding hydrogens is 911 g/mol. The molecule has 0 aliphatic carbocycles. The summed E-state index contributed by atoms with van der Waals surface area (Å²) >= 11 is 0. The Hall–Kier alpha value is -2.89. The zero-order chi connectivity index (χ0) is 52.9. The highest BCUT2D eigenvalue weighted by Crippen LogP contribution is 2.23. The number of aliphatic hydroxyl groups excluding tert-OH is 5. The molecule has 0 radical (unpaired) electrons. The number of unbranched alkanes of at least 4 members (excludes halogenated alkanes) is 24. The lowest BCUT2D eigenvalue weighted by Crippen LogP contribution is -2.60. The van der Waals surface area contributed by atoms with E-state index in [1.807, 2.05) is 0 Å². The van der Waals surface area contributed by atoms with E-state index in [1.54, 1.807) is 0 Å². The first kappa shape index (κ1) is 68.1. The Balaban J connectivity index is 2.22. The fraction of sp³-hybridized carbons (Fsp3) is 0.734. The smallest absolute Gasteiger partial charge is 0.220 e. The number of nitrogens with one attached hydrogen (secondary N) is 1. The predicted molar refractivity (Wildman–Crippen MR) is 308 cm³/mol. The third-order valence-electron chi connectivity index (χ3n) is 13.7. The van der Waals surface area contributed by atoms with Crippen molar-refractivity contribution in [2.75, 3.05) is 13.2 Å². The molecule has 9 nitrogen and oxygen atoms in total. The van der Waals surface area contributed by atoms with Crippen molar-refractivity contribution in [3.8, 4) is 0 Å². The van der Waals surface area contributed by atoms with Gasteiger partial charge in [0.05, 0.1) is 25.4 Å². The van der Waals surface area contributed by atoms with Gasteiger partial charge in [-0.25, -0.2) is 0 Å². The Kier molecular flexibility index (Phi) is 49.0. The van der Waals surface area contributed by atoms with Crippen LogP contribution >= 0.6 is 0 Å². The molecule has 0 bridgehead atoms. The number of ether oxygens (including phenoxy) is 2. The van der Waals surface area contributed by atoms with Gasteiger partial charge in [-0.2, -0.15) is 0 Å². The van der Waals surface area contributed by atoms with E-state index in [9.17, 15) is 30.3 Å². The molecule has 1 aliphatic heterocycles. The van der Waals surface area contributed by atoms with Gasteiger partial charge in [-0.05, 0) is 77.0 Å². The minimum absolute atomic E-state index is 0.149. The van der Waals surface area contributed by atoms with Crippen LogP contribution in [0.4, 0.5) is 0 Å². The maximum atomic E-state index is 13.1. The molecule has 6 N–H and O–H groups in total. The Morgan fingerprint density at radius 2 is 0.849 bits per heavy atom. The minimum Gasteiger partial charge on any atom is -0.394 e. The maximum Gasteiger partial charge on any atom is 0.220 e. The van der Waals surface area contributed by atoms with Gasteiger partial charge in [0.15, 0.2) is 6.29 Å². The summed E-state index contributed by atoms with van der Waals surface area (Å²) in [6, 6.07) is -0.735. The topological polar surface area (TPSA) is 149 Å². The number of allylic oxidation sites excluding steroid dienone is 16. The van der Waals surface area contributed by atoms with Gasteiger partial charge in [0.1, 0.15) is 24.4 Å². The molecule has 1 fully saturated rings. The third-order valence-corrected chi connectivity index (χ3v) is 13.7. The predicted octanol–water partition coefficient (Wildman–Crippen LogP) is 15.2. The molecule has 1 aliphatic rings. The summed E-state index contributed by atoms with van der Waals surface area (Å²) in [7, 11) is 0. The summed E-state index contributed by atoms with van der Waals surface area (Å²) in [5, 5.41) is 54.7. The van der Waals surface area contributed by atoms with Crippen LogP contribution in [0.25, 0.3) is 0 Å². The third kappa shape index (κ3) is 42.0. The van der Waals surface area contributed by atoms with Crippen LogP contribution in [0.1, 0.15) is 245 Å². The van der Waals surface area contributed by atoms with Crippen LogP contribution in [0.2, 0.25) is 0 Å². The number of aliphatic hydroxyl groups is 5. The highest BCUT2D eigenvalue weighted by Gasteiger charge is 2.44. The lowest BCUT2D eigenvalue weighted by molar-refractivity contribution is -0.302. The summed E-state index contributed by atoms with van der Waals surface area (Å²) < 4.78 is 11.3. The molecule has 1 rings (SSSR count). The van der Waals surface area contributed by atoms with Gasteiger partial charge in [0.25, 0.3) is 0 Å². The van der Waals surface area contributed by atoms with Crippen LogP contribution in [-0.2, 0) is 14.3 Å². The average Bonchev–Trinajstić information content (AvgIpc) is 3.39. The molecular formula is C64H111NO8. The number of amides is 1. The first-order valence-electron chi connectivity index (χ1n) is 29.9. The van der Waals surface area contributed by atoms with Crippen molar-refractivity contribution >= 4 is 5.91 Å². The maximum absolute atomic E-state index is 13.1. The van der Waals surface area contributed by atoms with Gasteiger partial charge in [-0.1, -0.05) is 259 Å². The molecule has 0 aromatic carbocycles. The van der Waals surface area contributed by atoms with E-state index in [2.05, 4.69) is 116 Å². The van der Waals surface area contributed by atoms with Crippen LogP contribution in [0.3, 0.4) is 0 Å². The largest absolute Gasteiger partial charge is 0.394 e. The zero-order valence-corrected chi connectivity index (χ0v) is 46.6. The van der Waals surface area contributed by atoms with E-state index in [0.717, 1.165) is 116 Å². The van der Waals surface area contributed by atoms with Crippen LogP contribution < -0.4 is 5.32 Å². The van der Waals surface area contributed by atoms with Crippen LogP contribution in [0.15, 0.2) is 97.2 Å². The zero-order valence-electron chi connectivity index (χ0n) is 46.6. The van der Waals surface area contributed by atoms with E-state index in [1.165, 1.54) is 103 Å². The second-order valence-electron chi connectivity index (χ2n) is 20.4. The molecule has 1 heterocycles. The van der Waals surface area contributed by atoms with E-state index in [-0.39, 0.29) is 12.5 Å².